The number of benzene rings is 1. The van der Waals surface area contributed by atoms with Crippen molar-refractivity contribution in [1.29, 1.82) is 0 Å². The maximum atomic E-state index is 5.57. The van der Waals surface area contributed by atoms with E-state index >= 15 is 0 Å². The lowest BCUT2D eigenvalue weighted by atomic mass is 10.0. The van der Waals surface area contributed by atoms with Crippen LogP contribution in [0, 0.1) is 0 Å². The second kappa shape index (κ2) is 5.83. The van der Waals surface area contributed by atoms with Crippen molar-refractivity contribution in [3.05, 3.63) is 41.5 Å². The summed E-state index contributed by atoms with van der Waals surface area (Å²) < 4.78 is 16.6. The lowest BCUT2D eigenvalue weighted by molar-refractivity contribution is 0.173. The van der Waals surface area contributed by atoms with E-state index in [0.29, 0.717) is 6.42 Å². The highest BCUT2D eigenvalue weighted by molar-refractivity contribution is 5.60. The van der Waals surface area contributed by atoms with Crippen molar-refractivity contribution in [3.8, 4) is 17.2 Å². The van der Waals surface area contributed by atoms with Crippen LogP contribution >= 0.6 is 0 Å². The SMILES string of the molecule is C=CCc1c(OC)c(CC=C(C)C)cc2c1OCO2. The zero-order valence-electron chi connectivity index (χ0n) is 11.8. The molecule has 1 aromatic rings. The van der Waals surface area contributed by atoms with Crippen LogP contribution in [0.15, 0.2) is 30.4 Å². The predicted molar refractivity (Wildman–Crippen MR) is 76.2 cm³/mol. The van der Waals surface area contributed by atoms with Gasteiger partial charge in [0.2, 0.25) is 6.79 Å². The monoisotopic (exact) mass is 260 g/mol. The van der Waals surface area contributed by atoms with Crippen LogP contribution in [-0.2, 0) is 12.8 Å². The first-order valence-electron chi connectivity index (χ1n) is 6.40. The Morgan fingerprint density at radius 1 is 1.37 bits per heavy atom. The van der Waals surface area contributed by atoms with Crippen molar-refractivity contribution in [1.82, 2.24) is 0 Å². The highest BCUT2D eigenvalue weighted by atomic mass is 16.7. The molecule has 0 spiro atoms. The number of hydrogen-bond donors (Lipinski definition) is 0. The molecule has 1 aliphatic heterocycles. The van der Waals surface area contributed by atoms with E-state index in [9.17, 15) is 0 Å². The summed E-state index contributed by atoms with van der Waals surface area (Å²) in [4.78, 5) is 0. The maximum absolute atomic E-state index is 5.57. The normalized spacial score (nSPS) is 12.2. The van der Waals surface area contributed by atoms with E-state index in [-0.39, 0.29) is 6.79 Å². The minimum atomic E-state index is 0.273. The third kappa shape index (κ3) is 2.75. The third-order valence-corrected chi connectivity index (χ3v) is 3.07. The van der Waals surface area contributed by atoms with Gasteiger partial charge in [0.05, 0.1) is 7.11 Å². The molecular formula is C16H20O3. The second-order valence-electron chi connectivity index (χ2n) is 4.76. The van der Waals surface area contributed by atoms with Gasteiger partial charge in [-0.3, -0.25) is 0 Å². The Bertz CT molecular complexity index is 511. The molecular weight excluding hydrogens is 240 g/mol. The van der Waals surface area contributed by atoms with Gasteiger partial charge in [0.1, 0.15) is 5.75 Å². The molecule has 0 saturated carbocycles. The molecule has 2 rings (SSSR count). The van der Waals surface area contributed by atoms with E-state index < -0.39 is 0 Å². The van der Waals surface area contributed by atoms with Crippen LogP contribution in [0.2, 0.25) is 0 Å². The zero-order chi connectivity index (χ0) is 13.8. The van der Waals surface area contributed by atoms with Crippen LogP contribution in [0.1, 0.15) is 25.0 Å². The van der Waals surface area contributed by atoms with Crippen molar-refractivity contribution in [2.24, 2.45) is 0 Å². The minimum absolute atomic E-state index is 0.273. The van der Waals surface area contributed by atoms with E-state index in [2.05, 4.69) is 26.5 Å². The maximum Gasteiger partial charge on any atom is 0.231 e. The Morgan fingerprint density at radius 2 is 2.16 bits per heavy atom. The van der Waals surface area contributed by atoms with Gasteiger partial charge in [-0.15, -0.1) is 6.58 Å². The van der Waals surface area contributed by atoms with Gasteiger partial charge in [-0.25, -0.2) is 0 Å². The number of ether oxygens (including phenoxy) is 3. The quantitative estimate of drug-likeness (QED) is 0.756. The number of allylic oxidation sites excluding steroid dienone is 3. The van der Waals surface area contributed by atoms with Crippen LogP contribution in [0.5, 0.6) is 17.2 Å². The highest BCUT2D eigenvalue weighted by Gasteiger charge is 2.23. The van der Waals surface area contributed by atoms with Crippen LogP contribution in [0.4, 0.5) is 0 Å². The molecule has 1 heterocycles. The zero-order valence-corrected chi connectivity index (χ0v) is 11.8. The molecule has 0 amide bonds. The average Bonchev–Trinajstić information content (AvgIpc) is 2.84. The smallest absolute Gasteiger partial charge is 0.231 e. The van der Waals surface area contributed by atoms with Gasteiger partial charge < -0.3 is 14.2 Å². The summed E-state index contributed by atoms with van der Waals surface area (Å²) >= 11 is 0. The number of fused-ring (bicyclic) bond motifs is 1. The molecule has 0 aromatic heterocycles. The van der Waals surface area contributed by atoms with Crippen LogP contribution in [0.25, 0.3) is 0 Å². The Kier molecular flexibility index (Phi) is 4.15. The fourth-order valence-electron chi connectivity index (χ4n) is 2.20. The molecule has 0 bridgehead atoms. The molecule has 0 aliphatic carbocycles. The summed E-state index contributed by atoms with van der Waals surface area (Å²) in [5.74, 6) is 2.47. The third-order valence-electron chi connectivity index (χ3n) is 3.07. The molecule has 0 radical (unpaired) electrons. The lowest BCUT2D eigenvalue weighted by Gasteiger charge is -2.14. The topological polar surface area (TPSA) is 27.7 Å². The first-order chi connectivity index (χ1) is 9.17. The van der Waals surface area contributed by atoms with Crippen molar-refractivity contribution >= 4 is 0 Å². The van der Waals surface area contributed by atoms with Gasteiger partial charge in [0.25, 0.3) is 0 Å². The van der Waals surface area contributed by atoms with Gasteiger partial charge in [0.15, 0.2) is 11.5 Å². The summed E-state index contributed by atoms with van der Waals surface area (Å²) in [6.07, 6.45) is 5.56. The Labute approximate surface area is 114 Å². The largest absolute Gasteiger partial charge is 0.496 e. The molecule has 19 heavy (non-hydrogen) atoms. The lowest BCUT2D eigenvalue weighted by Crippen LogP contribution is -1.99. The fraction of sp³-hybridized carbons (Fsp3) is 0.375. The van der Waals surface area contributed by atoms with Crippen LogP contribution in [0.3, 0.4) is 0 Å². The fourth-order valence-corrected chi connectivity index (χ4v) is 2.20. The van der Waals surface area contributed by atoms with Gasteiger partial charge in [0, 0.05) is 11.1 Å². The van der Waals surface area contributed by atoms with Crippen molar-refractivity contribution in [3.63, 3.8) is 0 Å². The Morgan fingerprint density at radius 3 is 2.79 bits per heavy atom. The second-order valence-corrected chi connectivity index (χ2v) is 4.76. The summed E-state index contributed by atoms with van der Waals surface area (Å²) in [5, 5.41) is 0. The molecule has 0 unspecified atom stereocenters. The van der Waals surface area contributed by atoms with E-state index in [1.165, 1.54) is 5.57 Å². The van der Waals surface area contributed by atoms with Gasteiger partial charge in [-0.05, 0) is 32.8 Å². The number of rotatable bonds is 5. The molecule has 0 atom stereocenters. The highest BCUT2D eigenvalue weighted by Crippen LogP contribution is 2.43. The molecule has 3 nitrogen and oxygen atoms in total. The standard InChI is InChI=1S/C16H20O3/c1-5-6-13-15(17-4)12(8-7-11(2)3)9-14-16(13)19-10-18-14/h5,7,9H,1,6,8,10H2,2-4H3. The first-order valence-corrected chi connectivity index (χ1v) is 6.40. The van der Waals surface area contributed by atoms with Gasteiger partial charge >= 0.3 is 0 Å². The van der Waals surface area contributed by atoms with E-state index in [4.69, 9.17) is 14.2 Å². The van der Waals surface area contributed by atoms with Gasteiger partial charge in [-0.2, -0.15) is 0 Å². The average molecular weight is 260 g/mol. The van der Waals surface area contributed by atoms with E-state index in [0.717, 1.165) is 34.8 Å². The van der Waals surface area contributed by atoms with Gasteiger partial charge in [-0.1, -0.05) is 17.7 Å². The minimum Gasteiger partial charge on any atom is -0.496 e. The van der Waals surface area contributed by atoms with Crippen molar-refractivity contribution in [2.45, 2.75) is 26.7 Å². The van der Waals surface area contributed by atoms with Crippen molar-refractivity contribution < 1.29 is 14.2 Å². The Hall–Kier alpha value is -1.90. The summed E-state index contributed by atoms with van der Waals surface area (Å²) in [5.41, 5.74) is 3.42. The summed E-state index contributed by atoms with van der Waals surface area (Å²) in [6.45, 7) is 8.24. The predicted octanol–water partition coefficient (Wildman–Crippen LogP) is 3.66. The van der Waals surface area contributed by atoms with Crippen LogP contribution in [-0.4, -0.2) is 13.9 Å². The molecule has 0 fully saturated rings. The Balaban J connectivity index is 2.50. The molecule has 0 saturated heterocycles. The first kappa shape index (κ1) is 13.5. The number of hydrogen-bond acceptors (Lipinski definition) is 3. The molecule has 0 N–H and O–H groups in total. The molecule has 1 aromatic carbocycles. The summed E-state index contributed by atoms with van der Waals surface area (Å²) in [6, 6.07) is 2.01. The number of methoxy groups -OCH3 is 1. The molecule has 3 heteroatoms. The van der Waals surface area contributed by atoms with E-state index in [1.54, 1.807) is 7.11 Å². The molecule has 102 valence electrons. The van der Waals surface area contributed by atoms with Crippen LogP contribution < -0.4 is 14.2 Å². The molecule has 1 aliphatic rings. The van der Waals surface area contributed by atoms with E-state index in [1.807, 2.05) is 12.1 Å². The summed E-state index contributed by atoms with van der Waals surface area (Å²) in [7, 11) is 1.69. The van der Waals surface area contributed by atoms with Crippen molar-refractivity contribution in [2.75, 3.05) is 13.9 Å².